The predicted octanol–water partition coefficient (Wildman–Crippen LogP) is 2.22. The molecule has 1 fully saturated rings. The van der Waals surface area contributed by atoms with Gasteiger partial charge in [-0.25, -0.2) is 4.98 Å². The Morgan fingerprint density at radius 2 is 1.83 bits per heavy atom. The second-order valence-corrected chi connectivity index (χ2v) is 6.40. The van der Waals surface area contributed by atoms with Crippen LogP contribution >= 0.6 is 0 Å². The van der Waals surface area contributed by atoms with E-state index in [9.17, 15) is 4.79 Å². The van der Waals surface area contributed by atoms with Crippen LogP contribution < -0.4 is 10.5 Å². The van der Waals surface area contributed by atoms with Gasteiger partial charge in [0, 0.05) is 38.8 Å². The highest BCUT2D eigenvalue weighted by atomic mass is 16.1. The van der Waals surface area contributed by atoms with E-state index in [0.29, 0.717) is 5.95 Å². The monoisotopic (exact) mass is 312 g/mol. The summed E-state index contributed by atoms with van der Waals surface area (Å²) in [6.45, 7) is 8.82. The van der Waals surface area contributed by atoms with Crippen molar-refractivity contribution in [2.45, 2.75) is 26.3 Å². The van der Waals surface area contributed by atoms with Crippen molar-refractivity contribution in [1.82, 2.24) is 14.9 Å². The smallest absolute Gasteiger partial charge is 0.252 e. The van der Waals surface area contributed by atoms with E-state index in [2.05, 4.69) is 57.9 Å². The standard InChI is InChI=1S/C18H24N4O/c1-14(2)16-12-17(23)20-18(19-16)22-10-8-21(9-11-22)13-15-6-4-3-5-7-15/h3-7,12,14H,8-11,13H2,1-2H3,(H,19,20,23). The number of aromatic nitrogens is 2. The van der Waals surface area contributed by atoms with Gasteiger partial charge in [-0.05, 0) is 11.5 Å². The van der Waals surface area contributed by atoms with Crippen LogP contribution in [-0.2, 0) is 6.54 Å². The zero-order valence-electron chi connectivity index (χ0n) is 13.8. The van der Waals surface area contributed by atoms with E-state index < -0.39 is 0 Å². The number of piperazine rings is 1. The summed E-state index contributed by atoms with van der Waals surface area (Å²) in [7, 11) is 0. The SMILES string of the molecule is CC(C)c1cc(=O)[nH]c(N2CCN(Cc3ccccc3)CC2)n1. The second kappa shape index (κ2) is 6.96. The molecule has 0 bridgehead atoms. The molecule has 1 saturated heterocycles. The quantitative estimate of drug-likeness (QED) is 0.940. The van der Waals surface area contributed by atoms with Gasteiger partial charge in [-0.1, -0.05) is 44.2 Å². The lowest BCUT2D eigenvalue weighted by Crippen LogP contribution is -2.47. The maximum atomic E-state index is 11.8. The summed E-state index contributed by atoms with van der Waals surface area (Å²) in [6, 6.07) is 12.1. The van der Waals surface area contributed by atoms with Gasteiger partial charge in [-0.2, -0.15) is 0 Å². The first kappa shape index (κ1) is 15.7. The molecule has 0 amide bonds. The van der Waals surface area contributed by atoms with E-state index in [1.807, 2.05) is 6.07 Å². The molecule has 2 heterocycles. The van der Waals surface area contributed by atoms with Gasteiger partial charge in [-0.3, -0.25) is 14.7 Å². The molecule has 0 radical (unpaired) electrons. The number of H-pyrrole nitrogens is 1. The van der Waals surface area contributed by atoms with E-state index in [-0.39, 0.29) is 11.5 Å². The van der Waals surface area contributed by atoms with Crippen molar-refractivity contribution in [2.75, 3.05) is 31.1 Å². The average molecular weight is 312 g/mol. The lowest BCUT2D eigenvalue weighted by atomic mass is 10.1. The van der Waals surface area contributed by atoms with Crippen molar-refractivity contribution < 1.29 is 0 Å². The third-order valence-electron chi connectivity index (χ3n) is 4.26. The van der Waals surface area contributed by atoms with Crippen molar-refractivity contribution in [3.8, 4) is 0 Å². The summed E-state index contributed by atoms with van der Waals surface area (Å²) in [5.74, 6) is 0.969. The average Bonchev–Trinajstić information content (AvgIpc) is 2.56. The Hall–Kier alpha value is -2.14. The van der Waals surface area contributed by atoms with Crippen LogP contribution in [0, 0.1) is 0 Å². The highest BCUT2D eigenvalue weighted by Gasteiger charge is 2.19. The van der Waals surface area contributed by atoms with E-state index in [4.69, 9.17) is 0 Å². The molecule has 1 aromatic carbocycles. The number of rotatable bonds is 4. The molecule has 0 atom stereocenters. The van der Waals surface area contributed by atoms with Gasteiger partial charge in [0.15, 0.2) is 0 Å². The van der Waals surface area contributed by atoms with Crippen molar-refractivity contribution >= 4 is 5.95 Å². The Balaban J connectivity index is 1.64. The number of anilines is 1. The molecule has 1 aromatic heterocycles. The molecule has 1 aliphatic rings. The molecule has 0 saturated carbocycles. The summed E-state index contributed by atoms with van der Waals surface area (Å²) in [6.07, 6.45) is 0. The normalized spacial score (nSPS) is 16.0. The second-order valence-electron chi connectivity index (χ2n) is 6.40. The highest BCUT2D eigenvalue weighted by molar-refractivity contribution is 5.32. The molecule has 0 spiro atoms. The van der Waals surface area contributed by atoms with Crippen LogP contribution in [0.25, 0.3) is 0 Å². The van der Waals surface area contributed by atoms with Gasteiger partial charge in [0.1, 0.15) is 0 Å². The molecule has 5 nitrogen and oxygen atoms in total. The van der Waals surface area contributed by atoms with Gasteiger partial charge in [0.2, 0.25) is 5.95 Å². The maximum Gasteiger partial charge on any atom is 0.252 e. The Kier molecular flexibility index (Phi) is 4.76. The molecular weight excluding hydrogens is 288 g/mol. The molecule has 122 valence electrons. The fourth-order valence-corrected chi connectivity index (χ4v) is 2.87. The molecular formula is C18H24N4O. The van der Waals surface area contributed by atoms with E-state index >= 15 is 0 Å². The molecule has 3 rings (SSSR count). The molecule has 1 aliphatic heterocycles. The van der Waals surface area contributed by atoms with E-state index in [1.165, 1.54) is 5.56 Å². The molecule has 1 N–H and O–H groups in total. The summed E-state index contributed by atoms with van der Waals surface area (Å²) in [4.78, 5) is 23.9. The Labute approximate surface area is 137 Å². The minimum Gasteiger partial charge on any atom is -0.340 e. The Morgan fingerprint density at radius 1 is 1.13 bits per heavy atom. The van der Waals surface area contributed by atoms with Gasteiger partial charge in [0.25, 0.3) is 5.56 Å². The fourth-order valence-electron chi connectivity index (χ4n) is 2.87. The van der Waals surface area contributed by atoms with Crippen LogP contribution in [0.1, 0.15) is 31.0 Å². The lowest BCUT2D eigenvalue weighted by molar-refractivity contribution is 0.248. The molecule has 0 aliphatic carbocycles. The Bertz CT molecular complexity index is 688. The van der Waals surface area contributed by atoms with Crippen molar-refractivity contribution in [1.29, 1.82) is 0 Å². The summed E-state index contributed by atoms with van der Waals surface area (Å²) < 4.78 is 0. The summed E-state index contributed by atoms with van der Waals surface area (Å²) in [5, 5.41) is 0. The van der Waals surface area contributed by atoms with Crippen molar-refractivity contribution in [2.24, 2.45) is 0 Å². The predicted molar refractivity (Wildman–Crippen MR) is 92.9 cm³/mol. The number of hydrogen-bond acceptors (Lipinski definition) is 4. The molecule has 5 heteroatoms. The first-order valence-corrected chi connectivity index (χ1v) is 8.24. The molecule has 2 aromatic rings. The zero-order chi connectivity index (χ0) is 16.2. The molecule has 23 heavy (non-hydrogen) atoms. The lowest BCUT2D eigenvalue weighted by Gasteiger charge is -2.35. The zero-order valence-corrected chi connectivity index (χ0v) is 13.8. The van der Waals surface area contributed by atoms with Crippen LogP contribution in [0.15, 0.2) is 41.2 Å². The topological polar surface area (TPSA) is 52.2 Å². The number of aromatic amines is 1. The van der Waals surface area contributed by atoms with Gasteiger partial charge >= 0.3 is 0 Å². The van der Waals surface area contributed by atoms with Crippen molar-refractivity contribution in [3.63, 3.8) is 0 Å². The van der Waals surface area contributed by atoms with Gasteiger partial charge in [-0.15, -0.1) is 0 Å². The highest BCUT2D eigenvalue weighted by Crippen LogP contribution is 2.15. The van der Waals surface area contributed by atoms with Crippen molar-refractivity contribution in [3.05, 3.63) is 58.0 Å². The number of nitrogens with one attached hydrogen (secondary N) is 1. The van der Waals surface area contributed by atoms with Gasteiger partial charge < -0.3 is 4.90 Å². The number of nitrogens with zero attached hydrogens (tertiary/aromatic N) is 3. The van der Waals surface area contributed by atoms with E-state index in [0.717, 1.165) is 38.4 Å². The van der Waals surface area contributed by atoms with Crippen LogP contribution in [0.3, 0.4) is 0 Å². The fraction of sp³-hybridized carbons (Fsp3) is 0.444. The third kappa shape index (κ3) is 3.99. The van der Waals surface area contributed by atoms with Crippen LogP contribution in [0.2, 0.25) is 0 Å². The maximum absolute atomic E-state index is 11.8. The van der Waals surface area contributed by atoms with Gasteiger partial charge in [0.05, 0.1) is 5.69 Å². The third-order valence-corrected chi connectivity index (χ3v) is 4.26. The molecule has 0 unspecified atom stereocenters. The minimum atomic E-state index is -0.0644. The Morgan fingerprint density at radius 3 is 2.48 bits per heavy atom. The number of benzene rings is 1. The summed E-state index contributed by atoms with van der Waals surface area (Å²) >= 11 is 0. The van der Waals surface area contributed by atoms with Crippen LogP contribution in [-0.4, -0.2) is 41.0 Å². The van der Waals surface area contributed by atoms with Crippen LogP contribution in [0.4, 0.5) is 5.95 Å². The first-order valence-electron chi connectivity index (χ1n) is 8.24. The van der Waals surface area contributed by atoms with Crippen LogP contribution in [0.5, 0.6) is 0 Å². The number of hydrogen-bond donors (Lipinski definition) is 1. The minimum absolute atomic E-state index is 0.0644. The van der Waals surface area contributed by atoms with E-state index in [1.54, 1.807) is 6.07 Å². The summed E-state index contributed by atoms with van der Waals surface area (Å²) in [5.41, 5.74) is 2.13. The first-order chi connectivity index (χ1) is 11.1. The largest absolute Gasteiger partial charge is 0.340 e.